The van der Waals surface area contributed by atoms with Crippen LogP contribution in [0.15, 0.2) is 59.3 Å². The first-order chi connectivity index (χ1) is 10.4. The molecule has 1 heterocycles. The van der Waals surface area contributed by atoms with Crippen molar-refractivity contribution in [3.63, 3.8) is 0 Å². The van der Waals surface area contributed by atoms with Crippen molar-refractivity contribution in [2.24, 2.45) is 0 Å². The van der Waals surface area contributed by atoms with E-state index in [9.17, 15) is 18.0 Å². The Bertz CT molecular complexity index is 682. The van der Waals surface area contributed by atoms with Gasteiger partial charge < -0.3 is 5.32 Å². The van der Waals surface area contributed by atoms with E-state index in [1.54, 1.807) is 36.4 Å². The second kappa shape index (κ2) is 6.74. The van der Waals surface area contributed by atoms with Crippen LogP contribution in [0.25, 0.3) is 5.70 Å². The minimum absolute atomic E-state index is 0.0257. The molecule has 0 aliphatic rings. The quantitative estimate of drug-likeness (QED) is 0.809. The van der Waals surface area contributed by atoms with Gasteiger partial charge in [0.25, 0.3) is 5.78 Å². The Morgan fingerprint density at radius 1 is 1.18 bits per heavy atom. The number of hydrogen-bond donors (Lipinski definition) is 1. The lowest BCUT2D eigenvalue weighted by Crippen LogP contribution is -2.21. The topological polar surface area (TPSA) is 42.0 Å². The molecule has 3 nitrogen and oxygen atoms in total. The molecule has 1 aromatic heterocycles. The molecule has 0 saturated heterocycles. The van der Waals surface area contributed by atoms with Gasteiger partial charge in [0.2, 0.25) is 0 Å². The van der Waals surface area contributed by atoms with Crippen LogP contribution in [0.5, 0.6) is 0 Å². The van der Waals surface area contributed by atoms with Crippen molar-refractivity contribution in [2.45, 2.75) is 6.18 Å². The van der Waals surface area contributed by atoms with Gasteiger partial charge in [-0.3, -0.25) is 9.78 Å². The van der Waals surface area contributed by atoms with Gasteiger partial charge in [-0.2, -0.15) is 13.2 Å². The van der Waals surface area contributed by atoms with Gasteiger partial charge in [-0.05, 0) is 36.4 Å². The maximum absolute atomic E-state index is 12.5. The second-order valence-electron chi connectivity index (χ2n) is 4.29. The number of halogens is 4. The largest absolute Gasteiger partial charge is 0.454 e. The molecular weight excluding hydrogens is 361 g/mol. The van der Waals surface area contributed by atoms with Gasteiger partial charge in [0.15, 0.2) is 0 Å². The van der Waals surface area contributed by atoms with Crippen LogP contribution in [-0.2, 0) is 4.79 Å². The lowest BCUT2D eigenvalue weighted by atomic mass is 10.1. The van der Waals surface area contributed by atoms with Crippen LogP contribution < -0.4 is 5.32 Å². The zero-order chi connectivity index (χ0) is 16.2. The maximum Gasteiger partial charge on any atom is 0.454 e. The van der Waals surface area contributed by atoms with Crippen LogP contribution in [-0.4, -0.2) is 16.9 Å². The van der Waals surface area contributed by atoms with Crippen LogP contribution in [0.2, 0.25) is 0 Å². The van der Waals surface area contributed by atoms with Gasteiger partial charge in [0, 0.05) is 34.2 Å². The molecule has 2 aromatic rings. The van der Waals surface area contributed by atoms with Crippen LogP contribution in [0.3, 0.4) is 0 Å². The van der Waals surface area contributed by atoms with Crippen molar-refractivity contribution in [1.82, 2.24) is 4.98 Å². The third-order valence-electron chi connectivity index (χ3n) is 2.65. The Balaban J connectivity index is 2.36. The normalized spacial score (nSPS) is 12.1. The number of benzene rings is 1. The summed E-state index contributed by atoms with van der Waals surface area (Å²) in [6.45, 7) is 0. The maximum atomic E-state index is 12.5. The van der Waals surface area contributed by atoms with Gasteiger partial charge in [-0.1, -0.05) is 15.9 Å². The van der Waals surface area contributed by atoms with E-state index >= 15 is 0 Å². The van der Waals surface area contributed by atoms with Gasteiger partial charge in [0.05, 0.1) is 5.70 Å². The van der Waals surface area contributed by atoms with Gasteiger partial charge >= 0.3 is 6.18 Å². The molecule has 1 aromatic carbocycles. The Hall–Kier alpha value is -2.15. The molecular formula is C15H10BrF3N2O. The van der Waals surface area contributed by atoms with Crippen LogP contribution >= 0.6 is 15.9 Å². The fourth-order valence-electron chi connectivity index (χ4n) is 1.62. The number of nitrogens with zero attached hydrogens (tertiary/aromatic N) is 1. The molecule has 0 aliphatic carbocycles. The molecule has 0 radical (unpaired) electrons. The van der Waals surface area contributed by atoms with Crippen molar-refractivity contribution < 1.29 is 18.0 Å². The fraction of sp³-hybridized carbons (Fsp3) is 0.0667. The van der Waals surface area contributed by atoms with Crippen molar-refractivity contribution >= 4 is 33.1 Å². The predicted molar refractivity (Wildman–Crippen MR) is 81.0 cm³/mol. The first-order valence-electron chi connectivity index (χ1n) is 6.12. The summed E-state index contributed by atoms with van der Waals surface area (Å²) in [4.78, 5) is 15.1. The number of aromatic nitrogens is 1. The lowest BCUT2D eigenvalue weighted by Gasteiger charge is -2.12. The molecule has 2 rings (SSSR count). The highest BCUT2D eigenvalue weighted by molar-refractivity contribution is 9.10. The average molecular weight is 371 g/mol. The summed E-state index contributed by atoms with van der Waals surface area (Å²) in [5.74, 6) is -1.93. The molecule has 0 spiro atoms. The molecule has 0 saturated carbocycles. The number of nitrogens with one attached hydrogen (secondary N) is 1. The van der Waals surface area contributed by atoms with Crippen LogP contribution in [0.4, 0.5) is 18.9 Å². The Kier molecular flexibility index (Phi) is 4.97. The fourth-order valence-corrected chi connectivity index (χ4v) is 1.88. The van der Waals surface area contributed by atoms with E-state index in [0.29, 0.717) is 17.3 Å². The summed E-state index contributed by atoms with van der Waals surface area (Å²) in [5, 5.41) is 2.80. The van der Waals surface area contributed by atoms with E-state index in [-0.39, 0.29) is 5.70 Å². The van der Waals surface area contributed by atoms with Crippen molar-refractivity contribution in [1.29, 1.82) is 0 Å². The van der Waals surface area contributed by atoms with Crippen LogP contribution in [0.1, 0.15) is 5.56 Å². The first kappa shape index (κ1) is 16.2. The molecule has 114 valence electrons. The van der Waals surface area contributed by atoms with E-state index in [1.807, 2.05) is 0 Å². The molecule has 22 heavy (non-hydrogen) atoms. The molecule has 0 fully saturated rings. The summed E-state index contributed by atoms with van der Waals surface area (Å²) < 4.78 is 38.2. The van der Waals surface area contributed by atoms with E-state index in [4.69, 9.17) is 0 Å². The number of alkyl halides is 3. The van der Waals surface area contributed by atoms with E-state index in [0.717, 1.165) is 4.47 Å². The number of ketones is 1. The van der Waals surface area contributed by atoms with Gasteiger partial charge in [0.1, 0.15) is 0 Å². The molecule has 0 bridgehead atoms. The molecule has 0 amide bonds. The van der Waals surface area contributed by atoms with Crippen molar-refractivity contribution in [3.8, 4) is 0 Å². The lowest BCUT2D eigenvalue weighted by molar-refractivity contribution is -0.165. The number of rotatable bonds is 4. The molecule has 1 N–H and O–H groups in total. The number of carbonyl (C=O) groups excluding carboxylic acids is 1. The Morgan fingerprint density at radius 3 is 2.41 bits per heavy atom. The number of pyridine rings is 1. The van der Waals surface area contributed by atoms with Gasteiger partial charge in [-0.15, -0.1) is 0 Å². The number of carbonyl (C=O) groups is 1. The summed E-state index contributed by atoms with van der Waals surface area (Å²) in [6, 6.07) is 9.95. The first-order valence-corrected chi connectivity index (χ1v) is 6.91. The third-order valence-corrected chi connectivity index (χ3v) is 3.18. The molecule has 0 atom stereocenters. The zero-order valence-corrected chi connectivity index (χ0v) is 12.6. The second-order valence-corrected chi connectivity index (χ2v) is 5.21. The molecule has 7 heteroatoms. The highest BCUT2D eigenvalue weighted by Gasteiger charge is 2.36. The standard InChI is InChI=1S/C15H10BrF3N2O/c16-11-3-5-12(6-4-11)21-13(8-14(22)15(17,18)19)10-2-1-7-20-9-10/h1-9,21H/b13-8-. The minimum Gasteiger partial charge on any atom is -0.355 e. The number of anilines is 1. The summed E-state index contributed by atoms with van der Waals surface area (Å²) >= 11 is 3.27. The summed E-state index contributed by atoms with van der Waals surface area (Å²) in [6.07, 6.45) is -1.53. The van der Waals surface area contributed by atoms with Crippen molar-refractivity contribution in [2.75, 3.05) is 5.32 Å². The van der Waals surface area contributed by atoms with Crippen molar-refractivity contribution in [3.05, 3.63) is 64.9 Å². The Labute approximate surface area is 133 Å². The Morgan fingerprint density at radius 2 is 1.86 bits per heavy atom. The number of allylic oxidation sites excluding steroid dienone is 1. The van der Waals surface area contributed by atoms with E-state index in [2.05, 4.69) is 26.2 Å². The highest BCUT2D eigenvalue weighted by Crippen LogP contribution is 2.23. The summed E-state index contributed by atoms with van der Waals surface area (Å²) in [5.41, 5.74) is 0.953. The minimum atomic E-state index is -4.92. The average Bonchev–Trinajstić information content (AvgIpc) is 2.48. The smallest absolute Gasteiger partial charge is 0.355 e. The third kappa shape index (κ3) is 4.42. The zero-order valence-electron chi connectivity index (χ0n) is 11.1. The predicted octanol–water partition coefficient (Wildman–Crippen LogP) is 4.43. The highest BCUT2D eigenvalue weighted by atomic mass is 79.9. The SMILES string of the molecule is O=C(/C=C(\Nc1ccc(Br)cc1)c1cccnc1)C(F)(F)F. The monoisotopic (exact) mass is 370 g/mol. The van der Waals surface area contributed by atoms with Crippen LogP contribution in [0, 0.1) is 0 Å². The number of hydrogen-bond acceptors (Lipinski definition) is 3. The molecule has 0 aliphatic heterocycles. The summed E-state index contributed by atoms with van der Waals surface area (Å²) in [7, 11) is 0. The van der Waals surface area contributed by atoms with E-state index < -0.39 is 12.0 Å². The molecule has 0 unspecified atom stereocenters. The van der Waals surface area contributed by atoms with E-state index in [1.165, 1.54) is 12.4 Å². The van der Waals surface area contributed by atoms with Gasteiger partial charge in [-0.25, -0.2) is 0 Å².